The topological polar surface area (TPSA) is 50.5 Å². The molecule has 0 heterocycles. The number of ether oxygens (including phenoxy) is 1. The Morgan fingerprint density at radius 3 is 2.60 bits per heavy atom. The minimum atomic E-state index is 0.247. The minimum Gasteiger partial charge on any atom is -0.497 e. The van der Waals surface area contributed by atoms with Crippen LogP contribution in [-0.2, 0) is 0 Å². The zero-order valence-electron chi connectivity index (χ0n) is 12.4. The van der Waals surface area contributed by atoms with Crippen molar-refractivity contribution in [2.45, 2.75) is 24.8 Å². The van der Waals surface area contributed by atoms with E-state index in [1.165, 1.54) is 19.3 Å². The van der Waals surface area contributed by atoms with Gasteiger partial charge in [-0.2, -0.15) is 0 Å². The van der Waals surface area contributed by atoms with Gasteiger partial charge in [-0.3, -0.25) is 0 Å². The molecule has 4 nitrogen and oxygen atoms in total. The lowest BCUT2D eigenvalue weighted by Crippen LogP contribution is -2.54. The number of nitrogens with two attached hydrogens (primary N) is 1. The molecule has 3 N–H and O–H groups in total. The quantitative estimate of drug-likeness (QED) is 0.788. The summed E-state index contributed by atoms with van der Waals surface area (Å²) in [5.41, 5.74) is 7.86. The zero-order valence-corrected chi connectivity index (χ0v) is 13.2. The Morgan fingerprint density at radius 1 is 1.45 bits per heavy atom. The highest BCUT2D eigenvalue weighted by Crippen LogP contribution is 2.36. The van der Waals surface area contributed by atoms with E-state index in [-0.39, 0.29) is 5.54 Å². The lowest BCUT2D eigenvalue weighted by molar-refractivity contribution is 0.0739. The summed E-state index contributed by atoms with van der Waals surface area (Å²) in [5, 5.41) is 3.50. The van der Waals surface area contributed by atoms with Crippen molar-refractivity contribution in [3.8, 4) is 5.75 Å². The van der Waals surface area contributed by atoms with Crippen LogP contribution in [0.4, 0.5) is 5.69 Å². The van der Waals surface area contributed by atoms with Crippen molar-refractivity contribution in [2.24, 2.45) is 5.73 Å². The monoisotopic (exact) mass is 293 g/mol. The van der Waals surface area contributed by atoms with Gasteiger partial charge in [-0.15, -0.1) is 0 Å². The summed E-state index contributed by atoms with van der Waals surface area (Å²) >= 11 is 5.12. The van der Waals surface area contributed by atoms with Crippen LogP contribution in [0.15, 0.2) is 18.2 Å². The van der Waals surface area contributed by atoms with E-state index in [4.69, 9.17) is 22.7 Å². The molecule has 0 radical (unpaired) electrons. The van der Waals surface area contributed by atoms with Gasteiger partial charge in [0.05, 0.1) is 7.11 Å². The second kappa shape index (κ2) is 5.97. The molecule has 110 valence electrons. The fourth-order valence-electron chi connectivity index (χ4n) is 2.64. The normalized spacial score (nSPS) is 16.6. The lowest BCUT2D eigenvalue weighted by Gasteiger charge is -2.47. The van der Waals surface area contributed by atoms with Crippen LogP contribution in [0, 0.1) is 0 Å². The van der Waals surface area contributed by atoms with E-state index in [0.29, 0.717) is 4.99 Å². The maximum atomic E-state index is 5.79. The summed E-state index contributed by atoms with van der Waals surface area (Å²) in [5.74, 6) is 0.806. The molecule has 2 rings (SSSR count). The molecular weight excluding hydrogens is 270 g/mol. The highest BCUT2D eigenvalue weighted by molar-refractivity contribution is 7.80. The third kappa shape index (κ3) is 2.88. The van der Waals surface area contributed by atoms with Crippen LogP contribution in [-0.4, -0.2) is 43.2 Å². The fourth-order valence-corrected chi connectivity index (χ4v) is 2.82. The Balaban J connectivity index is 2.17. The zero-order chi connectivity index (χ0) is 14.8. The van der Waals surface area contributed by atoms with Crippen molar-refractivity contribution in [3.05, 3.63) is 23.8 Å². The van der Waals surface area contributed by atoms with E-state index >= 15 is 0 Å². The predicted octanol–water partition coefficient (Wildman–Crippen LogP) is 2.23. The van der Waals surface area contributed by atoms with Crippen LogP contribution in [0.2, 0.25) is 0 Å². The van der Waals surface area contributed by atoms with Gasteiger partial charge in [0, 0.05) is 29.4 Å². The second-order valence-electron chi connectivity index (χ2n) is 5.60. The van der Waals surface area contributed by atoms with Crippen molar-refractivity contribution in [1.29, 1.82) is 0 Å². The molecule has 0 bridgehead atoms. The molecule has 1 aromatic carbocycles. The first-order chi connectivity index (χ1) is 9.48. The van der Waals surface area contributed by atoms with Crippen LogP contribution in [0.1, 0.15) is 24.8 Å². The molecule has 0 saturated heterocycles. The number of nitrogens with one attached hydrogen (secondary N) is 1. The number of hydrogen-bond donors (Lipinski definition) is 2. The van der Waals surface area contributed by atoms with E-state index in [1.807, 2.05) is 18.2 Å². The number of hydrogen-bond acceptors (Lipinski definition) is 4. The number of benzene rings is 1. The predicted molar refractivity (Wildman–Crippen MR) is 87.6 cm³/mol. The second-order valence-corrected chi connectivity index (χ2v) is 6.04. The number of methoxy groups -OCH3 is 1. The molecule has 0 aromatic heterocycles. The van der Waals surface area contributed by atoms with Gasteiger partial charge in [-0.05, 0) is 45.5 Å². The molecule has 0 atom stereocenters. The van der Waals surface area contributed by atoms with Gasteiger partial charge in [0.1, 0.15) is 10.7 Å². The summed E-state index contributed by atoms with van der Waals surface area (Å²) in [6.07, 6.45) is 3.73. The average Bonchev–Trinajstić information content (AvgIpc) is 2.36. The summed E-state index contributed by atoms with van der Waals surface area (Å²) in [6, 6.07) is 5.74. The number of likely N-dealkylation sites (N-methyl/N-ethyl adjacent to an activating group) is 1. The third-order valence-corrected chi connectivity index (χ3v) is 4.55. The van der Waals surface area contributed by atoms with Gasteiger partial charge in [0.25, 0.3) is 0 Å². The molecule has 1 aromatic rings. The van der Waals surface area contributed by atoms with Gasteiger partial charge >= 0.3 is 0 Å². The van der Waals surface area contributed by atoms with E-state index in [9.17, 15) is 0 Å². The van der Waals surface area contributed by atoms with Gasteiger partial charge in [-0.1, -0.05) is 12.2 Å². The molecule has 1 fully saturated rings. The molecule has 0 unspecified atom stereocenters. The SMILES string of the molecule is COc1ccc(C(N)=S)c(NCC2(N(C)C)CCC2)c1. The van der Waals surface area contributed by atoms with Crippen LogP contribution in [0.5, 0.6) is 5.75 Å². The molecule has 1 aliphatic carbocycles. The van der Waals surface area contributed by atoms with E-state index < -0.39 is 0 Å². The smallest absolute Gasteiger partial charge is 0.120 e. The summed E-state index contributed by atoms with van der Waals surface area (Å²) in [4.78, 5) is 2.71. The summed E-state index contributed by atoms with van der Waals surface area (Å²) in [7, 11) is 5.94. The molecule has 0 amide bonds. The summed E-state index contributed by atoms with van der Waals surface area (Å²) in [6.45, 7) is 0.892. The molecular formula is C15H23N3OS. The highest BCUT2D eigenvalue weighted by Gasteiger charge is 2.38. The number of thiocarbonyl (C=S) groups is 1. The minimum absolute atomic E-state index is 0.247. The Morgan fingerprint density at radius 2 is 2.15 bits per heavy atom. The van der Waals surface area contributed by atoms with Gasteiger partial charge in [0.15, 0.2) is 0 Å². The molecule has 5 heteroatoms. The van der Waals surface area contributed by atoms with Crippen molar-refractivity contribution in [2.75, 3.05) is 33.1 Å². The van der Waals surface area contributed by atoms with E-state index in [1.54, 1.807) is 7.11 Å². The van der Waals surface area contributed by atoms with Gasteiger partial charge in [-0.25, -0.2) is 0 Å². The first-order valence-corrected chi connectivity index (χ1v) is 7.28. The van der Waals surface area contributed by atoms with Crippen molar-refractivity contribution < 1.29 is 4.74 Å². The fraction of sp³-hybridized carbons (Fsp3) is 0.533. The van der Waals surface area contributed by atoms with E-state index in [2.05, 4.69) is 24.3 Å². The Labute approximate surface area is 126 Å². The van der Waals surface area contributed by atoms with Crippen LogP contribution < -0.4 is 15.8 Å². The standard InChI is InChI=1S/C15H23N3OS/c1-18(2)15(7-4-8-15)10-17-13-9-11(19-3)5-6-12(13)14(16)20/h5-6,9,17H,4,7-8,10H2,1-3H3,(H2,16,20). The number of nitrogens with zero attached hydrogens (tertiary/aromatic N) is 1. The van der Waals surface area contributed by atoms with Gasteiger partial charge < -0.3 is 20.7 Å². The average molecular weight is 293 g/mol. The highest BCUT2D eigenvalue weighted by atomic mass is 32.1. The lowest BCUT2D eigenvalue weighted by atomic mass is 9.75. The van der Waals surface area contributed by atoms with E-state index in [0.717, 1.165) is 23.5 Å². The molecule has 1 saturated carbocycles. The Kier molecular flexibility index (Phi) is 4.50. The largest absolute Gasteiger partial charge is 0.497 e. The molecule has 0 spiro atoms. The van der Waals surface area contributed by atoms with Crippen LogP contribution >= 0.6 is 12.2 Å². The first-order valence-electron chi connectivity index (χ1n) is 6.88. The summed E-state index contributed by atoms with van der Waals surface area (Å²) < 4.78 is 5.27. The third-order valence-electron chi connectivity index (χ3n) is 4.33. The van der Waals surface area contributed by atoms with Crippen LogP contribution in [0.3, 0.4) is 0 Å². The Bertz CT molecular complexity index is 498. The molecule has 1 aliphatic rings. The van der Waals surface area contributed by atoms with Crippen molar-refractivity contribution in [3.63, 3.8) is 0 Å². The maximum Gasteiger partial charge on any atom is 0.120 e. The number of anilines is 1. The molecule has 20 heavy (non-hydrogen) atoms. The van der Waals surface area contributed by atoms with Crippen molar-refractivity contribution in [1.82, 2.24) is 4.90 Å². The van der Waals surface area contributed by atoms with Gasteiger partial charge in [0.2, 0.25) is 0 Å². The Hall–Kier alpha value is -1.33. The van der Waals surface area contributed by atoms with Crippen molar-refractivity contribution >= 4 is 22.9 Å². The molecule has 0 aliphatic heterocycles. The first kappa shape index (κ1) is 15.1. The maximum absolute atomic E-state index is 5.79. The number of rotatable bonds is 6. The van der Waals surface area contributed by atoms with Crippen LogP contribution in [0.25, 0.3) is 0 Å².